The highest BCUT2D eigenvalue weighted by Gasteiger charge is 2.40. The van der Waals surface area contributed by atoms with Crippen molar-refractivity contribution in [3.8, 4) is 0 Å². The SMILES string of the molecule is COC(=O)c1ccc(CNC(=O)COC(=O)[C@@H]2C[C@H]3C=C[C@H]2C3)cc1. The molecule has 0 aliphatic heterocycles. The highest BCUT2D eigenvalue weighted by molar-refractivity contribution is 5.89. The molecule has 0 radical (unpaired) electrons. The van der Waals surface area contributed by atoms with Crippen LogP contribution in [0.5, 0.6) is 0 Å². The summed E-state index contributed by atoms with van der Waals surface area (Å²) in [6.45, 7) is 0.0331. The van der Waals surface area contributed by atoms with Crippen molar-refractivity contribution in [3.05, 3.63) is 47.5 Å². The number of nitrogens with one attached hydrogen (secondary N) is 1. The van der Waals surface area contributed by atoms with E-state index in [1.807, 2.05) is 0 Å². The predicted molar refractivity (Wildman–Crippen MR) is 89.4 cm³/mol. The summed E-state index contributed by atoms with van der Waals surface area (Å²) in [6.07, 6.45) is 6.09. The summed E-state index contributed by atoms with van der Waals surface area (Å²) in [7, 11) is 1.32. The zero-order valence-corrected chi connectivity index (χ0v) is 14.1. The molecular formula is C19H21NO5. The van der Waals surface area contributed by atoms with Gasteiger partial charge in [0.15, 0.2) is 6.61 Å². The van der Waals surface area contributed by atoms with Crippen molar-refractivity contribution in [1.82, 2.24) is 5.32 Å². The van der Waals surface area contributed by atoms with Gasteiger partial charge in [-0.25, -0.2) is 4.79 Å². The molecule has 25 heavy (non-hydrogen) atoms. The monoisotopic (exact) mass is 343 g/mol. The van der Waals surface area contributed by atoms with Crippen molar-refractivity contribution >= 4 is 17.8 Å². The standard InChI is InChI=1S/C19H21NO5/c1-24-18(22)14-5-2-12(3-6-14)10-20-17(21)11-25-19(23)16-9-13-4-7-15(16)8-13/h2-7,13,15-16H,8-11H2,1H3,(H,20,21)/t13-,15-,16+/m0/s1. The van der Waals surface area contributed by atoms with Gasteiger partial charge in [0.25, 0.3) is 5.91 Å². The van der Waals surface area contributed by atoms with Crippen LogP contribution in [0.2, 0.25) is 0 Å². The second-order valence-corrected chi connectivity index (χ2v) is 6.46. The van der Waals surface area contributed by atoms with E-state index in [-0.39, 0.29) is 30.3 Å². The van der Waals surface area contributed by atoms with Gasteiger partial charge in [0.1, 0.15) is 0 Å². The zero-order chi connectivity index (χ0) is 17.8. The Morgan fingerprint density at radius 2 is 1.88 bits per heavy atom. The molecule has 1 aromatic carbocycles. The number of allylic oxidation sites excluding steroid dienone is 2. The first-order valence-corrected chi connectivity index (χ1v) is 8.35. The van der Waals surface area contributed by atoms with E-state index in [9.17, 15) is 14.4 Å². The van der Waals surface area contributed by atoms with Crippen LogP contribution in [0.4, 0.5) is 0 Å². The molecule has 1 saturated carbocycles. The van der Waals surface area contributed by atoms with Crippen molar-refractivity contribution < 1.29 is 23.9 Å². The van der Waals surface area contributed by atoms with E-state index in [2.05, 4.69) is 22.2 Å². The van der Waals surface area contributed by atoms with Gasteiger partial charge in [0.2, 0.25) is 0 Å². The fourth-order valence-corrected chi connectivity index (χ4v) is 3.42. The highest BCUT2D eigenvalue weighted by atomic mass is 16.5. The smallest absolute Gasteiger partial charge is 0.337 e. The maximum Gasteiger partial charge on any atom is 0.337 e. The number of rotatable bonds is 6. The number of hydrogen-bond donors (Lipinski definition) is 1. The molecule has 2 bridgehead atoms. The van der Waals surface area contributed by atoms with E-state index >= 15 is 0 Å². The molecule has 1 fully saturated rings. The molecule has 3 rings (SSSR count). The molecule has 132 valence electrons. The van der Waals surface area contributed by atoms with Gasteiger partial charge in [-0.3, -0.25) is 9.59 Å². The topological polar surface area (TPSA) is 81.7 Å². The Bertz CT molecular complexity index is 694. The van der Waals surface area contributed by atoms with Gasteiger partial charge in [-0.15, -0.1) is 0 Å². The molecule has 0 saturated heterocycles. The van der Waals surface area contributed by atoms with Crippen LogP contribution in [0.1, 0.15) is 28.8 Å². The molecular weight excluding hydrogens is 322 g/mol. The summed E-state index contributed by atoms with van der Waals surface area (Å²) in [5.74, 6) is -0.372. The first-order valence-electron chi connectivity index (χ1n) is 8.35. The predicted octanol–water partition coefficient (Wildman–Crippen LogP) is 1.84. The first-order chi connectivity index (χ1) is 12.1. The number of methoxy groups -OCH3 is 1. The summed E-state index contributed by atoms with van der Waals surface area (Å²) in [5, 5.41) is 2.70. The molecule has 0 unspecified atom stereocenters. The lowest BCUT2D eigenvalue weighted by atomic mass is 9.94. The lowest BCUT2D eigenvalue weighted by Crippen LogP contribution is -2.30. The van der Waals surface area contributed by atoms with Gasteiger partial charge < -0.3 is 14.8 Å². The summed E-state index contributed by atoms with van der Waals surface area (Å²) >= 11 is 0. The summed E-state index contributed by atoms with van der Waals surface area (Å²) < 4.78 is 9.78. The third kappa shape index (κ3) is 4.07. The third-order valence-corrected chi connectivity index (χ3v) is 4.79. The van der Waals surface area contributed by atoms with Crippen molar-refractivity contribution in [2.75, 3.05) is 13.7 Å². The van der Waals surface area contributed by atoms with E-state index < -0.39 is 5.97 Å². The van der Waals surface area contributed by atoms with Crippen LogP contribution in [0, 0.1) is 17.8 Å². The number of hydrogen-bond acceptors (Lipinski definition) is 5. The van der Waals surface area contributed by atoms with Crippen molar-refractivity contribution in [2.24, 2.45) is 17.8 Å². The van der Waals surface area contributed by atoms with Crippen LogP contribution in [-0.2, 0) is 25.6 Å². The first kappa shape index (κ1) is 17.2. The van der Waals surface area contributed by atoms with Crippen LogP contribution in [0.3, 0.4) is 0 Å². The minimum absolute atomic E-state index is 0.103. The quantitative estimate of drug-likeness (QED) is 0.630. The largest absolute Gasteiger partial charge is 0.465 e. The molecule has 1 amide bonds. The second-order valence-electron chi connectivity index (χ2n) is 6.46. The molecule has 0 heterocycles. The lowest BCUT2D eigenvalue weighted by molar-refractivity contribution is -0.153. The number of esters is 2. The van der Waals surface area contributed by atoms with Gasteiger partial charge in [-0.1, -0.05) is 24.3 Å². The highest BCUT2D eigenvalue weighted by Crippen LogP contribution is 2.43. The number of ether oxygens (including phenoxy) is 2. The average Bonchev–Trinajstić information content (AvgIpc) is 3.27. The molecule has 0 spiro atoms. The average molecular weight is 343 g/mol. The van der Waals surface area contributed by atoms with Crippen LogP contribution in [0.25, 0.3) is 0 Å². The zero-order valence-electron chi connectivity index (χ0n) is 14.1. The van der Waals surface area contributed by atoms with Gasteiger partial charge in [-0.05, 0) is 42.4 Å². The van der Waals surface area contributed by atoms with Gasteiger partial charge in [0, 0.05) is 6.54 Å². The summed E-state index contributed by atoms with van der Waals surface area (Å²) in [5.41, 5.74) is 1.29. The Hall–Kier alpha value is -2.63. The Kier molecular flexibility index (Phi) is 5.16. The fraction of sp³-hybridized carbons (Fsp3) is 0.421. The van der Waals surface area contributed by atoms with E-state index in [0.717, 1.165) is 18.4 Å². The van der Waals surface area contributed by atoms with Crippen LogP contribution in [0.15, 0.2) is 36.4 Å². The molecule has 1 N–H and O–H groups in total. The maximum atomic E-state index is 12.1. The number of fused-ring (bicyclic) bond motifs is 2. The minimum atomic E-state index is -0.405. The Morgan fingerprint density at radius 1 is 1.12 bits per heavy atom. The molecule has 3 atom stereocenters. The fourth-order valence-electron chi connectivity index (χ4n) is 3.42. The molecule has 1 aromatic rings. The van der Waals surface area contributed by atoms with Crippen LogP contribution >= 0.6 is 0 Å². The summed E-state index contributed by atoms with van der Waals surface area (Å²) in [4.78, 5) is 35.3. The molecule has 0 aromatic heterocycles. The normalized spacial score (nSPS) is 23.3. The van der Waals surface area contributed by atoms with Gasteiger partial charge in [-0.2, -0.15) is 0 Å². The van der Waals surface area contributed by atoms with E-state index in [1.165, 1.54) is 7.11 Å². The van der Waals surface area contributed by atoms with Crippen molar-refractivity contribution in [3.63, 3.8) is 0 Å². The minimum Gasteiger partial charge on any atom is -0.465 e. The van der Waals surface area contributed by atoms with E-state index in [4.69, 9.17) is 4.74 Å². The molecule has 2 aliphatic rings. The maximum absolute atomic E-state index is 12.1. The second kappa shape index (κ2) is 7.51. The third-order valence-electron chi connectivity index (χ3n) is 4.79. The Morgan fingerprint density at radius 3 is 2.48 bits per heavy atom. The molecule has 2 aliphatic carbocycles. The van der Waals surface area contributed by atoms with E-state index in [0.29, 0.717) is 18.0 Å². The lowest BCUT2D eigenvalue weighted by Gasteiger charge is -2.16. The number of carbonyl (C=O) groups excluding carboxylic acids is 3. The Balaban J connectivity index is 1.40. The van der Waals surface area contributed by atoms with Crippen molar-refractivity contribution in [1.29, 1.82) is 0 Å². The molecule has 6 nitrogen and oxygen atoms in total. The molecule has 6 heteroatoms. The number of benzene rings is 1. The van der Waals surface area contributed by atoms with Crippen molar-refractivity contribution in [2.45, 2.75) is 19.4 Å². The van der Waals surface area contributed by atoms with Gasteiger partial charge >= 0.3 is 11.9 Å². The van der Waals surface area contributed by atoms with Gasteiger partial charge in [0.05, 0.1) is 18.6 Å². The van der Waals surface area contributed by atoms with Crippen LogP contribution in [-0.4, -0.2) is 31.6 Å². The number of carbonyl (C=O) groups is 3. The van der Waals surface area contributed by atoms with E-state index in [1.54, 1.807) is 24.3 Å². The number of amides is 1. The Labute approximate surface area is 146 Å². The summed E-state index contributed by atoms with van der Waals surface area (Å²) in [6, 6.07) is 6.74. The van der Waals surface area contributed by atoms with Crippen LogP contribution < -0.4 is 5.32 Å².